The van der Waals surface area contributed by atoms with E-state index in [1.54, 1.807) is 0 Å². The number of hydrogen-bond donors (Lipinski definition) is 0. The van der Waals surface area contributed by atoms with E-state index >= 15 is 0 Å². The van der Waals surface area contributed by atoms with Gasteiger partial charge < -0.3 is 4.90 Å². The Labute approximate surface area is 130 Å². The summed E-state index contributed by atoms with van der Waals surface area (Å²) in [6.45, 7) is 3.57. The van der Waals surface area contributed by atoms with Crippen LogP contribution in [0, 0.1) is 5.82 Å². The first-order valence-electron chi connectivity index (χ1n) is 8.07. The van der Waals surface area contributed by atoms with Crippen molar-refractivity contribution in [3.63, 3.8) is 0 Å². The van der Waals surface area contributed by atoms with Gasteiger partial charge in [0.2, 0.25) is 0 Å². The van der Waals surface area contributed by atoms with Crippen LogP contribution >= 0.6 is 0 Å². The number of rotatable bonds is 7. The zero-order valence-corrected chi connectivity index (χ0v) is 13.1. The fourth-order valence-electron chi connectivity index (χ4n) is 2.75. The van der Waals surface area contributed by atoms with Gasteiger partial charge in [0.05, 0.1) is 5.69 Å². The molecule has 0 N–H and O–H groups in total. The summed E-state index contributed by atoms with van der Waals surface area (Å²) in [5.41, 5.74) is 0.584. The number of aromatic nitrogens is 1. The van der Waals surface area contributed by atoms with E-state index in [-0.39, 0.29) is 23.6 Å². The van der Waals surface area contributed by atoms with Crippen molar-refractivity contribution in [2.75, 3.05) is 18.0 Å². The maximum absolute atomic E-state index is 14.2. The van der Waals surface area contributed by atoms with Crippen LogP contribution in [0.2, 0.25) is 0 Å². The summed E-state index contributed by atoms with van der Waals surface area (Å²) in [6, 6.07) is 1.21. The third kappa shape index (κ3) is 4.12. The topological polar surface area (TPSA) is 50.3 Å². The van der Waals surface area contributed by atoms with Crippen molar-refractivity contribution in [3.05, 3.63) is 23.1 Å². The van der Waals surface area contributed by atoms with Gasteiger partial charge >= 0.3 is 0 Å². The van der Waals surface area contributed by atoms with E-state index in [0.717, 1.165) is 45.2 Å². The summed E-state index contributed by atoms with van der Waals surface area (Å²) >= 11 is 0. The van der Waals surface area contributed by atoms with Crippen molar-refractivity contribution in [3.8, 4) is 0 Å². The van der Waals surface area contributed by atoms with Gasteiger partial charge in [0, 0.05) is 31.5 Å². The minimum atomic E-state index is -0.478. The van der Waals surface area contributed by atoms with Gasteiger partial charge in [0.15, 0.2) is 17.9 Å². The van der Waals surface area contributed by atoms with Crippen LogP contribution in [0.3, 0.4) is 0 Å². The molecular weight excluding hydrogens is 283 g/mol. The Hall–Kier alpha value is -1.78. The second-order valence-corrected chi connectivity index (χ2v) is 5.81. The number of anilines is 1. The fourth-order valence-corrected chi connectivity index (χ4v) is 2.75. The highest BCUT2D eigenvalue weighted by Gasteiger charge is 2.20. The lowest BCUT2D eigenvalue weighted by molar-refractivity contribution is -0.118. The van der Waals surface area contributed by atoms with E-state index in [2.05, 4.69) is 4.98 Å². The minimum Gasteiger partial charge on any atom is -0.354 e. The molecule has 0 aliphatic carbocycles. The molecule has 5 heteroatoms. The molecule has 0 atom stereocenters. The van der Waals surface area contributed by atoms with Gasteiger partial charge in [0.25, 0.3) is 0 Å². The van der Waals surface area contributed by atoms with Crippen LogP contribution in [-0.4, -0.2) is 30.1 Å². The Morgan fingerprint density at radius 2 is 2.09 bits per heavy atom. The van der Waals surface area contributed by atoms with Crippen LogP contribution < -0.4 is 4.90 Å². The molecule has 1 aromatic heterocycles. The fraction of sp³-hybridized carbons (Fsp3) is 0.588. The second-order valence-electron chi connectivity index (χ2n) is 5.81. The Kier molecular flexibility index (Phi) is 6.04. The van der Waals surface area contributed by atoms with E-state index in [0.29, 0.717) is 18.4 Å². The molecule has 22 heavy (non-hydrogen) atoms. The number of nitrogens with zero attached hydrogens (tertiary/aromatic N) is 2. The van der Waals surface area contributed by atoms with Gasteiger partial charge in [-0.3, -0.25) is 9.59 Å². The molecule has 0 aromatic carbocycles. The Morgan fingerprint density at radius 1 is 1.36 bits per heavy atom. The predicted octanol–water partition coefficient (Wildman–Crippen LogP) is 3.33. The van der Waals surface area contributed by atoms with Gasteiger partial charge in [0.1, 0.15) is 5.78 Å². The number of piperidine rings is 1. The number of unbranched alkanes of at least 4 members (excludes halogenated alkanes) is 1. The summed E-state index contributed by atoms with van der Waals surface area (Å²) in [5, 5.41) is 0. The highest BCUT2D eigenvalue weighted by atomic mass is 19.1. The highest BCUT2D eigenvalue weighted by Crippen LogP contribution is 2.23. The molecule has 1 aliphatic rings. The molecule has 1 saturated heterocycles. The third-order valence-electron chi connectivity index (χ3n) is 4.03. The largest absolute Gasteiger partial charge is 0.354 e. The monoisotopic (exact) mass is 306 g/mol. The molecule has 0 saturated carbocycles. The van der Waals surface area contributed by atoms with Crippen molar-refractivity contribution in [1.29, 1.82) is 0 Å². The average molecular weight is 306 g/mol. The van der Waals surface area contributed by atoms with Crippen LogP contribution in [0.5, 0.6) is 0 Å². The molecule has 120 valence electrons. The standard InChI is InChI=1S/C17H23FN2O2/c1-2-3-7-14(22)11-16-13(12-21)10-15(18)17(19-16)20-8-5-4-6-9-20/h10,12H,2-9,11H2,1H3. The van der Waals surface area contributed by atoms with Gasteiger partial charge in [-0.2, -0.15) is 0 Å². The Balaban J connectivity index is 2.23. The van der Waals surface area contributed by atoms with Gasteiger partial charge in [-0.05, 0) is 31.7 Å². The first kappa shape index (κ1) is 16.6. The summed E-state index contributed by atoms with van der Waals surface area (Å²) in [4.78, 5) is 29.3. The van der Waals surface area contributed by atoms with Gasteiger partial charge in [-0.1, -0.05) is 13.3 Å². The molecular formula is C17H23FN2O2. The molecule has 0 spiro atoms. The Bertz CT molecular complexity index is 540. The van der Waals surface area contributed by atoms with E-state index in [9.17, 15) is 14.0 Å². The number of hydrogen-bond acceptors (Lipinski definition) is 4. The number of pyridine rings is 1. The molecule has 1 aromatic rings. The average Bonchev–Trinajstić information content (AvgIpc) is 2.55. The minimum absolute atomic E-state index is 0.0497. The Morgan fingerprint density at radius 3 is 2.73 bits per heavy atom. The van der Waals surface area contributed by atoms with Crippen LogP contribution in [0.25, 0.3) is 0 Å². The smallest absolute Gasteiger partial charge is 0.166 e. The van der Waals surface area contributed by atoms with E-state index in [4.69, 9.17) is 0 Å². The lowest BCUT2D eigenvalue weighted by atomic mass is 10.0. The molecule has 2 heterocycles. The lowest BCUT2D eigenvalue weighted by Crippen LogP contribution is -2.31. The van der Waals surface area contributed by atoms with Crippen LogP contribution in [0.1, 0.15) is 61.5 Å². The SMILES string of the molecule is CCCCC(=O)Cc1nc(N2CCCCC2)c(F)cc1C=O. The van der Waals surface area contributed by atoms with Crippen molar-refractivity contribution in [2.24, 2.45) is 0 Å². The maximum Gasteiger partial charge on any atom is 0.166 e. The molecule has 1 aliphatic heterocycles. The number of halogens is 1. The molecule has 0 amide bonds. The summed E-state index contributed by atoms with van der Waals surface area (Å²) in [5.74, 6) is -0.147. The quantitative estimate of drug-likeness (QED) is 0.725. The van der Waals surface area contributed by atoms with Crippen molar-refractivity contribution in [2.45, 2.75) is 51.9 Å². The van der Waals surface area contributed by atoms with Crippen LogP contribution in [0.15, 0.2) is 6.07 Å². The molecule has 0 bridgehead atoms. The van der Waals surface area contributed by atoms with E-state index < -0.39 is 5.82 Å². The normalized spacial score (nSPS) is 14.9. The predicted molar refractivity (Wildman–Crippen MR) is 83.9 cm³/mol. The van der Waals surface area contributed by atoms with Crippen molar-refractivity contribution < 1.29 is 14.0 Å². The first-order valence-corrected chi connectivity index (χ1v) is 8.07. The zero-order valence-electron chi connectivity index (χ0n) is 13.1. The number of carbonyl (C=O) groups is 2. The third-order valence-corrected chi connectivity index (χ3v) is 4.03. The second kappa shape index (κ2) is 8.01. The maximum atomic E-state index is 14.2. The summed E-state index contributed by atoms with van der Waals surface area (Å²) < 4.78 is 14.2. The first-order chi connectivity index (χ1) is 10.7. The highest BCUT2D eigenvalue weighted by molar-refractivity contribution is 5.85. The number of carbonyl (C=O) groups excluding carboxylic acids is 2. The molecule has 0 radical (unpaired) electrons. The van der Waals surface area contributed by atoms with E-state index in [1.165, 1.54) is 6.07 Å². The van der Waals surface area contributed by atoms with Crippen molar-refractivity contribution in [1.82, 2.24) is 4.98 Å². The van der Waals surface area contributed by atoms with Crippen LogP contribution in [0.4, 0.5) is 10.2 Å². The van der Waals surface area contributed by atoms with Gasteiger partial charge in [-0.25, -0.2) is 9.37 Å². The zero-order chi connectivity index (χ0) is 15.9. The van der Waals surface area contributed by atoms with E-state index in [1.807, 2.05) is 11.8 Å². The molecule has 0 unspecified atom stereocenters. The molecule has 4 nitrogen and oxygen atoms in total. The number of ketones is 1. The number of Topliss-reactive ketones (excluding diaryl/α,β-unsaturated/α-hetero) is 1. The van der Waals surface area contributed by atoms with Crippen LogP contribution in [-0.2, 0) is 11.2 Å². The summed E-state index contributed by atoms with van der Waals surface area (Å²) in [7, 11) is 0. The molecule has 1 fully saturated rings. The summed E-state index contributed by atoms with van der Waals surface area (Å²) in [6.07, 6.45) is 6.12. The lowest BCUT2D eigenvalue weighted by Gasteiger charge is -2.28. The molecule has 2 rings (SSSR count). The number of aldehydes is 1. The van der Waals surface area contributed by atoms with Crippen molar-refractivity contribution >= 4 is 17.9 Å². The van der Waals surface area contributed by atoms with Gasteiger partial charge in [-0.15, -0.1) is 0 Å².